The molecule has 1 aliphatic heterocycles. The zero-order valence-electron chi connectivity index (χ0n) is 9.90. The van der Waals surface area contributed by atoms with Crippen LogP contribution in [0.4, 0.5) is 0 Å². The van der Waals surface area contributed by atoms with E-state index in [2.05, 4.69) is 9.26 Å². The molecule has 0 radical (unpaired) electrons. The molecule has 18 heavy (non-hydrogen) atoms. The van der Waals surface area contributed by atoms with Crippen LogP contribution in [-0.4, -0.2) is 78.7 Å². The van der Waals surface area contributed by atoms with Gasteiger partial charge in [-0.1, -0.05) is 0 Å². The summed E-state index contributed by atoms with van der Waals surface area (Å²) in [7, 11) is -4.97. The highest BCUT2D eigenvalue weighted by Gasteiger charge is 2.46. The number of aliphatic hydroxyl groups excluding tert-OH is 4. The summed E-state index contributed by atoms with van der Waals surface area (Å²) in [6.07, 6.45) is -12.6. The summed E-state index contributed by atoms with van der Waals surface area (Å²) < 4.78 is 26.3. The molecule has 6 atom stereocenters. The van der Waals surface area contributed by atoms with Gasteiger partial charge in [0.05, 0.1) is 7.98 Å². The average molecular weight is 291 g/mol. The predicted molar refractivity (Wildman–Crippen MR) is 52.9 cm³/mol. The number of phosphoric acid groups is 1. The topological polar surface area (TPSA) is 177 Å². The Balaban J connectivity index is 2.79. The van der Waals surface area contributed by atoms with Gasteiger partial charge in [-0.05, 0) is 0 Å². The van der Waals surface area contributed by atoms with Gasteiger partial charge < -0.3 is 40.1 Å². The molecule has 108 valence electrons. The second kappa shape index (κ2) is 5.88. The maximum Gasteiger partial charge on any atom is 0.469 e. The molecule has 0 spiro atoms. The zero-order chi connectivity index (χ0) is 15.0. The van der Waals surface area contributed by atoms with Gasteiger partial charge in [-0.25, -0.2) is 4.57 Å². The van der Waals surface area contributed by atoms with Crippen molar-refractivity contribution >= 4 is 7.82 Å². The molecule has 0 aliphatic carbocycles. The summed E-state index contributed by atoms with van der Waals surface area (Å²) in [6, 6.07) is 0. The molecule has 0 amide bonds. The second-order valence-electron chi connectivity index (χ2n) is 3.67. The fourth-order valence-corrected chi connectivity index (χ4v) is 1.67. The lowest BCUT2D eigenvalue weighted by molar-refractivity contribution is -0.298. The van der Waals surface area contributed by atoms with Gasteiger partial charge >= 0.3 is 7.82 Å². The Hall–Kier alpha value is -0.130. The van der Waals surface area contributed by atoms with Crippen LogP contribution < -0.4 is 0 Å². The highest BCUT2D eigenvalue weighted by atomic mass is 31.2. The Morgan fingerprint density at radius 3 is 2.28 bits per heavy atom. The predicted octanol–water partition coefficient (Wildman–Crippen LogP) is -3.74. The molecule has 7 N–H and O–H groups in total. The summed E-state index contributed by atoms with van der Waals surface area (Å²) in [4.78, 5) is 16.9. The Bertz CT molecular complexity index is 358. The molecule has 1 saturated heterocycles. The minimum absolute atomic E-state index is 1.26. The molecule has 1 aliphatic rings. The van der Waals surface area contributed by atoms with Gasteiger partial charge in [-0.2, -0.15) is 0 Å². The lowest BCUT2D eigenvalue weighted by Crippen LogP contribution is -2.61. The van der Waals surface area contributed by atoms with Crippen molar-refractivity contribution in [2.24, 2.45) is 0 Å². The Kier molecular flexibility index (Phi) is 4.67. The molecule has 1 rings (SSSR count). The van der Waals surface area contributed by atoms with Gasteiger partial charge in [0, 0.05) is 0 Å². The van der Waals surface area contributed by atoms with Crippen LogP contribution in [-0.2, 0) is 13.8 Å². The first-order valence-electron chi connectivity index (χ1n) is 5.26. The van der Waals surface area contributed by atoms with E-state index >= 15 is 0 Å². The molecule has 0 saturated carbocycles. The maximum absolute atomic E-state index is 10.5. The number of hydrogen-bond acceptors (Lipinski definition) is 8. The van der Waals surface area contributed by atoms with Crippen LogP contribution in [0.1, 0.15) is 1.37 Å². The van der Waals surface area contributed by atoms with Crippen LogP contribution in [0, 0.1) is 0 Å². The fourth-order valence-electron chi connectivity index (χ4n) is 1.37. The second-order valence-corrected chi connectivity index (χ2v) is 4.91. The lowest BCUT2D eigenvalue weighted by Gasteiger charge is -2.40. The van der Waals surface area contributed by atoms with Gasteiger partial charge in [0.1, 0.15) is 30.5 Å². The first kappa shape index (κ1) is 14.3. The molecular formula is C7H15O10P. The summed E-state index contributed by atoms with van der Waals surface area (Å²) >= 11 is 0. The van der Waals surface area contributed by atoms with Crippen LogP contribution in [0.25, 0.3) is 0 Å². The number of rotatable bonds is 4. The van der Waals surface area contributed by atoms with E-state index < -0.39 is 51.2 Å². The van der Waals surface area contributed by atoms with Crippen molar-refractivity contribution in [3.8, 4) is 0 Å². The fraction of sp³-hybridized carbons (Fsp3) is 1.00. The van der Waals surface area contributed by atoms with Gasteiger partial charge in [0.2, 0.25) is 0 Å². The van der Waals surface area contributed by atoms with Crippen molar-refractivity contribution in [3.05, 3.63) is 0 Å². The molecular weight excluding hydrogens is 275 g/mol. The number of phosphoric ester groups is 1. The Morgan fingerprint density at radius 1 is 1.22 bits per heavy atom. The highest BCUT2D eigenvalue weighted by molar-refractivity contribution is 7.46. The van der Waals surface area contributed by atoms with E-state index in [1.807, 2.05) is 0 Å². The third-order valence-corrected chi connectivity index (χ3v) is 2.76. The Labute approximate surface area is 103 Å². The number of aliphatic hydroxyl groups is 5. The van der Waals surface area contributed by atoms with Crippen molar-refractivity contribution in [1.29, 1.82) is 0 Å². The normalized spacial score (nSPS) is 42.2. The Morgan fingerprint density at radius 2 is 1.78 bits per heavy atom. The van der Waals surface area contributed by atoms with Gasteiger partial charge in [-0.3, -0.25) is 4.52 Å². The van der Waals surface area contributed by atoms with Crippen molar-refractivity contribution in [2.45, 2.75) is 36.8 Å². The lowest BCUT2D eigenvalue weighted by atomic mass is 9.96. The molecule has 0 aromatic carbocycles. The quantitative estimate of drug-likeness (QED) is 0.254. The maximum atomic E-state index is 10.5. The molecule has 1 fully saturated rings. The first-order chi connectivity index (χ1) is 8.46. The van der Waals surface area contributed by atoms with E-state index in [0.29, 0.717) is 0 Å². The largest absolute Gasteiger partial charge is 0.469 e. The molecule has 10 nitrogen and oxygen atoms in total. The third kappa shape index (κ3) is 3.93. The van der Waals surface area contributed by atoms with Crippen LogP contribution in [0.3, 0.4) is 0 Å². The van der Waals surface area contributed by atoms with Crippen LogP contribution in [0.15, 0.2) is 0 Å². The SMILES string of the molecule is [2H][C@@](O)(COP(=O)(O)O)[C@H]1OC(O)[C@@H](O)[C@@H](O)[C@@H]1O. The highest BCUT2D eigenvalue weighted by Crippen LogP contribution is 2.36. The number of hydrogen-bond donors (Lipinski definition) is 7. The van der Waals surface area contributed by atoms with Crippen molar-refractivity contribution in [1.82, 2.24) is 0 Å². The van der Waals surface area contributed by atoms with Gasteiger partial charge in [0.25, 0.3) is 0 Å². The number of ether oxygens (including phenoxy) is 1. The summed E-state index contributed by atoms with van der Waals surface area (Å²) in [5, 5.41) is 46.8. The molecule has 1 heterocycles. The minimum Gasteiger partial charge on any atom is -0.388 e. The smallest absolute Gasteiger partial charge is 0.388 e. The minimum atomic E-state index is -4.97. The van der Waals surface area contributed by atoms with Crippen molar-refractivity contribution < 1.29 is 50.5 Å². The van der Waals surface area contributed by atoms with E-state index in [-0.39, 0.29) is 0 Å². The van der Waals surface area contributed by atoms with E-state index in [9.17, 15) is 30.1 Å². The van der Waals surface area contributed by atoms with Crippen molar-refractivity contribution in [2.75, 3.05) is 6.61 Å². The van der Waals surface area contributed by atoms with Crippen molar-refractivity contribution in [3.63, 3.8) is 0 Å². The summed E-state index contributed by atoms with van der Waals surface area (Å²) in [5.41, 5.74) is 0. The van der Waals surface area contributed by atoms with Gasteiger partial charge in [-0.15, -0.1) is 0 Å². The van der Waals surface area contributed by atoms with E-state index in [1.54, 1.807) is 0 Å². The standard InChI is InChI=1S/C7H15O10P/c8-2(1-16-18(13,14)15)6-4(10)3(9)5(11)7(12)17-6/h2-12H,1H2,(H2,13,14,15)/t2-,3+,4+,5+,6-,7?/m1/s1/i2D. The molecule has 0 aromatic rings. The van der Waals surface area contributed by atoms with E-state index in [1.165, 1.54) is 0 Å². The summed E-state index contributed by atoms with van der Waals surface area (Å²) in [6.45, 7) is -1.26. The van der Waals surface area contributed by atoms with E-state index in [4.69, 9.17) is 11.2 Å². The molecule has 11 heteroatoms. The van der Waals surface area contributed by atoms with Crippen LogP contribution >= 0.6 is 7.82 Å². The summed E-state index contributed by atoms with van der Waals surface area (Å²) in [5.74, 6) is 0. The first-order valence-corrected chi connectivity index (χ1v) is 6.29. The zero-order valence-corrected chi connectivity index (χ0v) is 9.79. The van der Waals surface area contributed by atoms with Gasteiger partial charge in [0.15, 0.2) is 6.29 Å². The van der Waals surface area contributed by atoms with Crippen LogP contribution in [0.2, 0.25) is 0 Å². The molecule has 0 aromatic heterocycles. The van der Waals surface area contributed by atoms with E-state index in [0.717, 1.165) is 0 Å². The molecule has 0 bridgehead atoms. The average Bonchev–Trinajstić information content (AvgIpc) is 2.27. The third-order valence-electron chi connectivity index (χ3n) is 2.30. The molecule has 1 unspecified atom stereocenters. The van der Waals surface area contributed by atoms with Crippen LogP contribution in [0.5, 0.6) is 0 Å². The monoisotopic (exact) mass is 291 g/mol.